The van der Waals surface area contributed by atoms with Crippen LogP contribution in [0.25, 0.3) is 6.08 Å². The number of nitrogens with one attached hydrogen (secondary N) is 2. The van der Waals surface area contributed by atoms with Crippen molar-refractivity contribution in [2.45, 2.75) is 26.5 Å². The van der Waals surface area contributed by atoms with Crippen molar-refractivity contribution in [3.8, 4) is 5.75 Å². The van der Waals surface area contributed by atoms with Gasteiger partial charge in [0.25, 0.3) is 11.8 Å². The molecule has 0 unspecified atom stereocenters. The third kappa shape index (κ3) is 6.85. The minimum atomic E-state index is -0.365. The van der Waals surface area contributed by atoms with E-state index in [-0.39, 0.29) is 23.6 Å². The zero-order valence-corrected chi connectivity index (χ0v) is 17.7. The summed E-state index contributed by atoms with van der Waals surface area (Å²) < 4.78 is 5.66. The van der Waals surface area contributed by atoms with Crippen molar-refractivity contribution in [3.63, 3.8) is 0 Å². The van der Waals surface area contributed by atoms with Gasteiger partial charge >= 0.3 is 0 Å². The number of ether oxygens (including phenoxy) is 1. The lowest BCUT2D eigenvalue weighted by molar-refractivity contribution is -0.117. The van der Waals surface area contributed by atoms with Gasteiger partial charge in [-0.1, -0.05) is 60.7 Å². The Morgan fingerprint density at radius 1 is 0.871 bits per heavy atom. The maximum Gasteiger partial charge on any atom is 0.268 e. The standard InChI is InChI=1S/C26H26N2O3/c1-19(2)31-23-15-13-20(14-16-23)17-24(28-25(29)22-11-7-4-8-12-22)26(30)27-18-21-9-5-3-6-10-21/h3-17,19H,18H2,1-2H3,(H,27,30)(H,28,29)/b24-17-. The largest absolute Gasteiger partial charge is 0.491 e. The van der Waals surface area contributed by atoms with Crippen molar-refractivity contribution in [1.29, 1.82) is 0 Å². The van der Waals surface area contributed by atoms with Crippen LogP contribution in [0.5, 0.6) is 5.75 Å². The highest BCUT2D eigenvalue weighted by atomic mass is 16.5. The summed E-state index contributed by atoms with van der Waals surface area (Å²) in [6.07, 6.45) is 1.73. The quantitative estimate of drug-likeness (QED) is 0.531. The smallest absolute Gasteiger partial charge is 0.268 e. The van der Waals surface area contributed by atoms with Crippen LogP contribution in [0.1, 0.15) is 35.3 Å². The lowest BCUT2D eigenvalue weighted by Crippen LogP contribution is -2.34. The Morgan fingerprint density at radius 3 is 2.10 bits per heavy atom. The van der Waals surface area contributed by atoms with Gasteiger partial charge in [0, 0.05) is 12.1 Å². The van der Waals surface area contributed by atoms with E-state index in [0.717, 1.165) is 16.9 Å². The highest BCUT2D eigenvalue weighted by molar-refractivity contribution is 6.05. The maximum atomic E-state index is 12.9. The number of benzene rings is 3. The number of carbonyl (C=O) groups is 2. The number of amides is 2. The summed E-state index contributed by atoms with van der Waals surface area (Å²) in [7, 11) is 0. The highest BCUT2D eigenvalue weighted by Gasteiger charge is 2.14. The van der Waals surface area contributed by atoms with E-state index in [1.807, 2.05) is 74.5 Å². The lowest BCUT2D eigenvalue weighted by atomic mass is 10.1. The monoisotopic (exact) mass is 414 g/mol. The van der Waals surface area contributed by atoms with E-state index < -0.39 is 0 Å². The summed E-state index contributed by atoms with van der Waals surface area (Å²) >= 11 is 0. The number of carbonyl (C=O) groups excluding carboxylic acids is 2. The molecule has 0 saturated carbocycles. The van der Waals surface area contributed by atoms with Crippen molar-refractivity contribution in [3.05, 3.63) is 107 Å². The lowest BCUT2D eigenvalue weighted by Gasteiger charge is -2.12. The van der Waals surface area contributed by atoms with Crippen molar-refractivity contribution in [2.24, 2.45) is 0 Å². The van der Waals surface area contributed by atoms with Crippen molar-refractivity contribution in [2.75, 3.05) is 0 Å². The molecular formula is C26H26N2O3. The van der Waals surface area contributed by atoms with Gasteiger partial charge < -0.3 is 15.4 Å². The fourth-order valence-corrected chi connectivity index (χ4v) is 2.90. The minimum absolute atomic E-state index is 0.0749. The summed E-state index contributed by atoms with van der Waals surface area (Å²) in [4.78, 5) is 25.5. The van der Waals surface area contributed by atoms with Gasteiger partial charge in [-0.05, 0) is 55.3 Å². The SMILES string of the molecule is CC(C)Oc1ccc(/C=C(\NC(=O)c2ccccc2)C(=O)NCc2ccccc2)cc1. The second-order valence-corrected chi connectivity index (χ2v) is 7.28. The predicted molar refractivity (Wildman–Crippen MR) is 122 cm³/mol. The number of rotatable bonds is 8. The van der Waals surface area contributed by atoms with Crippen molar-refractivity contribution < 1.29 is 14.3 Å². The molecule has 0 spiro atoms. The van der Waals surface area contributed by atoms with Gasteiger partial charge in [0.1, 0.15) is 11.4 Å². The summed E-state index contributed by atoms with van der Waals surface area (Å²) in [5.41, 5.74) is 2.39. The first-order valence-electron chi connectivity index (χ1n) is 10.2. The molecule has 0 fully saturated rings. The molecule has 158 valence electrons. The van der Waals surface area contributed by atoms with Crippen LogP contribution in [0.2, 0.25) is 0 Å². The zero-order valence-electron chi connectivity index (χ0n) is 17.7. The molecule has 0 aliphatic rings. The first kappa shape index (κ1) is 21.8. The molecule has 0 atom stereocenters. The summed E-state index contributed by atoms with van der Waals surface area (Å²) in [5.74, 6) is 0.0349. The Kier molecular flexibility index (Phi) is 7.60. The summed E-state index contributed by atoms with van der Waals surface area (Å²) in [6, 6.07) is 25.8. The highest BCUT2D eigenvalue weighted by Crippen LogP contribution is 2.16. The Morgan fingerprint density at radius 2 is 1.48 bits per heavy atom. The maximum absolute atomic E-state index is 12.9. The number of hydrogen-bond donors (Lipinski definition) is 2. The van der Waals surface area contributed by atoms with E-state index >= 15 is 0 Å². The van der Waals surface area contributed by atoms with Gasteiger partial charge in [0.15, 0.2) is 0 Å². The fourth-order valence-electron chi connectivity index (χ4n) is 2.90. The molecule has 0 bridgehead atoms. The Balaban J connectivity index is 1.79. The first-order chi connectivity index (χ1) is 15.0. The molecule has 0 aliphatic carbocycles. The molecule has 3 aromatic rings. The third-order valence-electron chi connectivity index (χ3n) is 4.39. The molecule has 5 heteroatoms. The molecule has 0 heterocycles. The van der Waals surface area contributed by atoms with E-state index in [4.69, 9.17) is 4.74 Å². The van der Waals surface area contributed by atoms with Crippen LogP contribution in [0, 0.1) is 0 Å². The van der Waals surface area contributed by atoms with Gasteiger partial charge in [-0.15, -0.1) is 0 Å². The third-order valence-corrected chi connectivity index (χ3v) is 4.39. The van der Waals surface area contributed by atoms with Crippen LogP contribution >= 0.6 is 0 Å². The van der Waals surface area contributed by atoms with Crippen LogP contribution < -0.4 is 15.4 Å². The molecule has 5 nitrogen and oxygen atoms in total. The molecule has 31 heavy (non-hydrogen) atoms. The van der Waals surface area contributed by atoms with Crippen LogP contribution in [-0.2, 0) is 11.3 Å². The van der Waals surface area contributed by atoms with Crippen LogP contribution in [0.15, 0.2) is 90.6 Å². The van der Waals surface area contributed by atoms with E-state index in [9.17, 15) is 9.59 Å². The van der Waals surface area contributed by atoms with Gasteiger partial charge in [0.2, 0.25) is 0 Å². The van der Waals surface area contributed by atoms with E-state index in [2.05, 4.69) is 10.6 Å². The van der Waals surface area contributed by atoms with Crippen molar-refractivity contribution in [1.82, 2.24) is 10.6 Å². The average molecular weight is 415 g/mol. The van der Waals surface area contributed by atoms with E-state index in [1.54, 1.807) is 30.3 Å². The minimum Gasteiger partial charge on any atom is -0.491 e. The van der Waals surface area contributed by atoms with Gasteiger partial charge in [-0.25, -0.2) is 0 Å². The topological polar surface area (TPSA) is 67.4 Å². The predicted octanol–water partition coefficient (Wildman–Crippen LogP) is 4.56. The molecule has 3 rings (SSSR count). The second kappa shape index (κ2) is 10.8. The fraction of sp³-hybridized carbons (Fsp3) is 0.154. The second-order valence-electron chi connectivity index (χ2n) is 7.28. The van der Waals surface area contributed by atoms with E-state index in [1.165, 1.54) is 0 Å². The van der Waals surface area contributed by atoms with E-state index in [0.29, 0.717) is 12.1 Å². The number of hydrogen-bond acceptors (Lipinski definition) is 3. The first-order valence-corrected chi connectivity index (χ1v) is 10.2. The van der Waals surface area contributed by atoms with Crippen molar-refractivity contribution >= 4 is 17.9 Å². The molecule has 0 saturated heterocycles. The molecule has 0 aromatic heterocycles. The zero-order chi connectivity index (χ0) is 22.1. The molecule has 3 aromatic carbocycles. The molecule has 2 amide bonds. The van der Waals surface area contributed by atoms with Gasteiger partial charge in [-0.3, -0.25) is 9.59 Å². The molecule has 0 aliphatic heterocycles. The average Bonchev–Trinajstić information content (AvgIpc) is 2.79. The summed E-state index contributed by atoms with van der Waals surface area (Å²) in [5, 5.41) is 5.61. The Labute approximate surface area is 182 Å². The van der Waals surface area contributed by atoms with Crippen LogP contribution in [-0.4, -0.2) is 17.9 Å². The van der Waals surface area contributed by atoms with Crippen LogP contribution in [0.3, 0.4) is 0 Å². The molecular weight excluding hydrogens is 388 g/mol. The Hall–Kier alpha value is -3.86. The Bertz CT molecular complexity index is 1030. The molecule has 2 N–H and O–H groups in total. The van der Waals surface area contributed by atoms with Gasteiger partial charge in [0.05, 0.1) is 6.10 Å². The normalized spacial score (nSPS) is 11.1. The van der Waals surface area contributed by atoms with Gasteiger partial charge in [-0.2, -0.15) is 0 Å². The summed E-state index contributed by atoms with van der Waals surface area (Å²) in [6.45, 7) is 4.28. The molecule has 0 radical (unpaired) electrons. The van der Waals surface area contributed by atoms with Crippen LogP contribution in [0.4, 0.5) is 0 Å².